The molecule has 0 spiro atoms. The number of ether oxygens (including phenoxy) is 5. The van der Waals surface area contributed by atoms with Gasteiger partial charge in [0, 0.05) is 43.9 Å². The molecule has 0 aliphatic carbocycles. The van der Waals surface area contributed by atoms with Crippen molar-refractivity contribution >= 4 is 17.6 Å². The van der Waals surface area contributed by atoms with E-state index in [1.165, 1.54) is 6.07 Å². The summed E-state index contributed by atoms with van der Waals surface area (Å²) in [6.07, 6.45) is 3.16. The zero-order chi connectivity index (χ0) is 29.5. The normalized spacial score (nSPS) is 14.0. The maximum absolute atomic E-state index is 13.4. The van der Waals surface area contributed by atoms with Gasteiger partial charge in [0.25, 0.3) is 5.91 Å². The molecule has 1 atom stereocenters. The summed E-state index contributed by atoms with van der Waals surface area (Å²) in [4.78, 5) is 27.6. The van der Waals surface area contributed by atoms with Crippen LogP contribution in [0.15, 0.2) is 61.7 Å². The zero-order valence-electron chi connectivity index (χ0n) is 23.6. The van der Waals surface area contributed by atoms with Crippen molar-refractivity contribution in [2.24, 2.45) is 0 Å². The number of aliphatic hydroxyl groups excluding tert-OH is 1. The molecule has 1 aliphatic rings. The van der Waals surface area contributed by atoms with Crippen molar-refractivity contribution in [1.82, 2.24) is 4.90 Å². The fourth-order valence-corrected chi connectivity index (χ4v) is 4.02. The summed E-state index contributed by atoms with van der Waals surface area (Å²) in [7, 11) is 0. The van der Waals surface area contributed by atoms with E-state index in [1.807, 2.05) is 31.2 Å². The van der Waals surface area contributed by atoms with E-state index < -0.39 is 18.6 Å². The molecule has 0 aromatic heterocycles. The Morgan fingerprint density at radius 3 is 2.37 bits per heavy atom. The molecule has 41 heavy (non-hydrogen) atoms. The van der Waals surface area contributed by atoms with E-state index in [-0.39, 0.29) is 55.0 Å². The molecule has 0 radical (unpaired) electrons. The second kappa shape index (κ2) is 17.1. The number of esters is 1. The quantitative estimate of drug-likeness (QED) is 0.216. The average Bonchev–Trinajstić information content (AvgIpc) is 2.99. The maximum atomic E-state index is 13.4. The summed E-state index contributed by atoms with van der Waals surface area (Å²) in [6.45, 7) is 13.0. The predicted molar refractivity (Wildman–Crippen MR) is 156 cm³/mol. The number of amides is 1. The van der Waals surface area contributed by atoms with E-state index in [0.717, 1.165) is 38.4 Å². The average molecular weight is 569 g/mol. The highest BCUT2D eigenvalue weighted by Gasteiger charge is 2.22. The standard InChI is InChI=1S/C31H40N2O8/c1-4-7-30(35)40-22-25(21-34)41-29-18-26(27(38-14-5-2)19-28(29)39-15-6-3)31(36)32-24-10-8-23(9-11-24)20-33-12-16-37-17-13-33/h5-6,8-11,18-19,25,34H,2-4,7,12-17,20-22H2,1H3,(H,32,36). The van der Waals surface area contributed by atoms with Crippen LogP contribution in [0.4, 0.5) is 5.69 Å². The van der Waals surface area contributed by atoms with Gasteiger partial charge in [-0.05, 0) is 24.1 Å². The molecule has 3 rings (SSSR count). The van der Waals surface area contributed by atoms with Gasteiger partial charge >= 0.3 is 5.97 Å². The van der Waals surface area contributed by atoms with E-state index in [0.29, 0.717) is 12.1 Å². The fraction of sp³-hybridized carbons (Fsp3) is 0.419. The third-order valence-electron chi connectivity index (χ3n) is 6.11. The first kappa shape index (κ1) is 31.7. The van der Waals surface area contributed by atoms with Crippen LogP contribution in [0.2, 0.25) is 0 Å². The van der Waals surface area contributed by atoms with Gasteiger partial charge in [-0.3, -0.25) is 14.5 Å². The van der Waals surface area contributed by atoms with Crippen LogP contribution < -0.4 is 19.5 Å². The summed E-state index contributed by atoms with van der Waals surface area (Å²) >= 11 is 0. The summed E-state index contributed by atoms with van der Waals surface area (Å²) in [5, 5.41) is 12.8. The highest BCUT2D eigenvalue weighted by molar-refractivity contribution is 6.06. The Labute approximate surface area is 241 Å². The zero-order valence-corrected chi connectivity index (χ0v) is 23.6. The number of nitrogens with zero attached hydrogens (tertiary/aromatic N) is 1. The van der Waals surface area contributed by atoms with Crippen LogP contribution in [0.5, 0.6) is 17.2 Å². The molecule has 0 saturated carbocycles. The van der Waals surface area contributed by atoms with E-state index in [1.54, 1.807) is 18.2 Å². The van der Waals surface area contributed by atoms with Gasteiger partial charge in [-0.2, -0.15) is 0 Å². The molecular formula is C31H40N2O8. The number of aliphatic hydroxyl groups is 1. The lowest BCUT2D eigenvalue weighted by Crippen LogP contribution is -2.35. The second-order valence-electron chi connectivity index (χ2n) is 9.39. The topological polar surface area (TPSA) is 116 Å². The lowest BCUT2D eigenvalue weighted by atomic mass is 10.1. The molecule has 2 aromatic rings. The van der Waals surface area contributed by atoms with Gasteiger partial charge in [0.15, 0.2) is 17.6 Å². The Bertz CT molecular complexity index is 1150. The molecule has 1 fully saturated rings. The molecule has 10 nitrogen and oxygen atoms in total. The minimum absolute atomic E-state index is 0.157. The van der Waals surface area contributed by atoms with Crippen molar-refractivity contribution in [3.05, 3.63) is 72.8 Å². The van der Waals surface area contributed by atoms with Crippen molar-refractivity contribution in [2.45, 2.75) is 32.4 Å². The molecule has 1 amide bonds. The van der Waals surface area contributed by atoms with E-state index in [4.69, 9.17) is 23.7 Å². The number of carbonyl (C=O) groups is 2. The first-order valence-electron chi connectivity index (χ1n) is 13.8. The summed E-state index contributed by atoms with van der Waals surface area (Å²) in [5.74, 6) is -0.115. The molecule has 1 saturated heterocycles. The Morgan fingerprint density at radius 1 is 1.05 bits per heavy atom. The van der Waals surface area contributed by atoms with Gasteiger partial charge in [-0.15, -0.1) is 0 Å². The Morgan fingerprint density at radius 2 is 1.73 bits per heavy atom. The highest BCUT2D eigenvalue weighted by Crippen LogP contribution is 2.36. The van der Waals surface area contributed by atoms with Crippen LogP contribution in [0.1, 0.15) is 35.7 Å². The maximum Gasteiger partial charge on any atom is 0.305 e. The van der Waals surface area contributed by atoms with Crippen LogP contribution in [0.25, 0.3) is 0 Å². The third-order valence-corrected chi connectivity index (χ3v) is 6.11. The Kier molecular flexibility index (Phi) is 13.2. The van der Waals surface area contributed by atoms with Gasteiger partial charge in [0.2, 0.25) is 0 Å². The lowest BCUT2D eigenvalue weighted by molar-refractivity contribution is -0.146. The Balaban J connectivity index is 1.81. The van der Waals surface area contributed by atoms with Gasteiger partial charge in [0.1, 0.15) is 25.6 Å². The molecule has 2 N–H and O–H groups in total. The molecule has 2 aromatic carbocycles. The molecule has 1 unspecified atom stereocenters. The van der Waals surface area contributed by atoms with Gasteiger partial charge < -0.3 is 34.1 Å². The molecule has 10 heteroatoms. The first-order chi connectivity index (χ1) is 20.0. The molecule has 1 heterocycles. The number of nitrogens with one attached hydrogen (secondary N) is 1. The number of rotatable bonds is 17. The number of hydrogen-bond acceptors (Lipinski definition) is 9. The Hall–Kier alpha value is -3.86. The number of hydrogen-bond donors (Lipinski definition) is 2. The molecular weight excluding hydrogens is 528 g/mol. The molecule has 1 aliphatic heterocycles. The van der Waals surface area contributed by atoms with Crippen LogP contribution in [-0.4, -0.2) is 80.7 Å². The van der Waals surface area contributed by atoms with E-state index >= 15 is 0 Å². The van der Waals surface area contributed by atoms with Crippen molar-refractivity contribution in [1.29, 1.82) is 0 Å². The minimum atomic E-state index is -0.878. The van der Waals surface area contributed by atoms with Crippen LogP contribution in [0.3, 0.4) is 0 Å². The minimum Gasteiger partial charge on any atom is -0.489 e. The SMILES string of the molecule is C=CCOc1cc(OCC=C)c(C(=O)Nc2ccc(CN3CCOCC3)cc2)cc1OC(CO)COC(=O)CCC. The number of morpholine rings is 1. The van der Waals surface area contributed by atoms with Crippen molar-refractivity contribution in [3.8, 4) is 17.2 Å². The smallest absolute Gasteiger partial charge is 0.305 e. The van der Waals surface area contributed by atoms with Crippen molar-refractivity contribution < 1.29 is 38.4 Å². The molecule has 0 bridgehead atoms. The van der Waals surface area contributed by atoms with E-state index in [2.05, 4.69) is 23.4 Å². The van der Waals surface area contributed by atoms with Gasteiger partial charge in [-0.1, -0.05) is 44.4 Å². The van der Waals surface area contributed by atoms with E-state index in [9.17, 15) is 14.7 Å². The summed E-state index contributed by atoms with van der Waals surface area (Å²) in [6, 6.07) is 10.7. The number of anilines is 1. The van der Waals surface area contributed by atoms with Crippen LogP contribution in [-0.2, 0) is 20.8 Å². The summed E-state index contributed by atoms with van der Waals surface area (Å²) in [5.41, 5.74) is 1.93. The van der Waals surface area contributed by atoms with Gasteiger partial charge in [-0.25, -0.2) is 0 Å². The fourth-order valence-electron chi connectivity index (χ4n) is 4.02. The van der Waals surface area contributed by atoms with Crippen LogP contribution >= 0.6 is 0 Å². The monoisotopic (exact) mass is 568 g/mol. The van der Waals surface area contributed by atoms with Gasteiger partial charge in [0.05, 0.1) is 25.4 Å². The lowest BCUT2D eigenvalue weighted by Gasteiger charge is -2.26. The van der Waals surface area contributed by atoms with Crippen molar-refractivity contribution in [2.75, 3.05) is 58.0 Å². The summed E-state index contributed by atoms with van der Waals surface area (Å²) < 4.78 is 28.1. The predicted octanol–water partition coefficient (Wildman–Crippen LogP) is 3.98. The largest absolute Gasteiger partial charge is 0.489 e. The van der Waals surface area contributed by atoms with Crippen molar-refractivity contribution in [3.63, 3.8) is 0 Å². The van der Waals surface area contributed by atoms with Crippen LogP contribution in [0, 0.1) is 0 Å². The molecule has 222 valence electrons. The first-order valence-corrected chi connectivity index (χ1v) is 13.8. The second-order valence-corrected chi connectivity index (χ2v) is 9.39. The number of carbonyl (C=O) groups excluding carboxylic acids is 2. The third kappa shape index (κ3) is 10.2. The number of benzene rings is 2. The highest BCUT2D eigenvalue weighted by atomic mass is 16.6.